The highest BCUT2D eigenvalue weighted by Crippen LogP contribution is 2.52. The van der Waals surface area contributed by atoms with E-state index in [1.807, 2.05) is 43.7 Å². The number of aryl methyl sites for hydroxylation is 1. The first kappa shape index (κ1) is 19.0. The fraction of sp³-hybridized carbons (Fsp3) is 0.455. The van der Waals surface area contributed by atoms with Crippen LogP contribution in [0.15, 0.2) is 49.1 Å². The van der Waals surface area contributed by atoms with E-state index in [0.29, 0.717) is 19.6 Å². The number of ether oxygens (including phenoxy) is 1. The van der Waals surface area contributed by atoms with Crippen molar-refractivity contribution in [2.75, 3.05) is 20.1 Å². The van der Waals surface area contributed by atoms with E-state index in [9.17, 15) is 9.59 Å². The van der Waals surface area contributed by atoms with Gasteiger partial charge in [-0.3, -0.25) is 19.3 Å². The van der Waals surface area contributed by atoms with Crippen molar-refractivity contribution in [3.05, 3.63) is 60.2 Å². The quantitative estimate of drug-likeness (QED) is 0.662. The Morgan fingerprint density at radius 2 is 2.23 bits per heavy atom. The number of carbonyl (C=O) groups is 2. The summed E-state index contributed by atoms with van der Waals surface area (Å²) in [6.45, 7) is 1.52. The minimum Gasteiger partial charge on any atom is -0.360 e. The molecule has 0 unspecified atom stereocenters. The summed E-state index contributed by atoms with van der Waals surface area (Å²) >= 11 is 0. The predicted octanol–water partition coefficient (Wildman–Crippen LogP) is 0.798. The molecule has 0 N–H and O–H groups in total. The van der Waals surface area contributed by atoms with Gasteiger partial charge in [0.15, 0.2) is 0 Å². The van der Waals surface area contributed by atoms with Crippen LogP contribution in [0.1, 0.15) is 11.1 Å². The molecule has 8 heteroatoms. The van der Waals surface area contributed by atoms with Gasteiger partial charge in [0.25, 0.3) is 0 Å². The lowest BCUT2D eigenvalue weighted by molar-refractivity contribution is -0.142. The molecule has 1 spiro atoms. The smallest absolute Gasteiger partial charge is 0.230 e. The lowest BCUT2D eigenvalue weighted by Gasteiger charge is -2.27. The van der Waals surface area contributed by atoms with Crippen LogP contribution in [0, 0.1) is 11.8 Å². The molecule has 5 rings (SSSR count). The zero-order valence-electron chi connectivity index (χ0n) is 17.1. The zero-order chi connectivity index (χ0) is 20.9. The predicted molar refractivity (Wildman–Crippen MR) is 108 cm³/mol. The van der Waals surface area contributed by atoms with Crippen molar-refractivity contribution in [3.8, 4) is 0 Å². The van der Waals surface area contributed by atoms with Gasteiger partial charge >= 0.3 is 0 Å². The van der Waals surface area contributed by atoms with E-state index >= 15 is 0 Å². The third kappa shape index (κ3) is 3.02. The Morgan fingerprint density at radius 1 is 1.37 bits per heavy atom. The van der Waals surface area contributed by atoms with Gasteiger partial charge in [0.2, 0.25) is 11.8 Å². The van der Waals surface area contributed by atoms with E-state index in [0.717, 1.165) is 17.5 Å². The van der Waals surface area contributed by atoms with E-state index in [1.165, 1.54) is 0 Å². The third-order valence-corrected chi connectivity index (χ3v) is 6.43. The summed E-state index contributed by atoms with van der Waals surface area (Å²) in [7, 11) is 3.67. The highest BCUT2D eigenvalue weighted by molar-refractivity contribution is 5.93. The van der Waals surface area contributed by atoms with Gasteiger partial charge in [0.05, 0.1) is 30.7 Å². The molecule has 0 saturated carbocycles. The first-order valence-electron chi connectivity index (χ1n) is 10.2. The number of likely N-dealkylation sites (N-methyl/N-ethyl adjacent to an activating group) is 1. The van der Waals surface area contributed by atoms with Crippen molar-refractivity contribution < 1.29 is 14.3 Å². The second-order valence-corrected chi connectivity index (χ2v) is 8.49. The van der Waals surface area contributed by atoms with Gasteiger partial charge in [-0.25, -0.2) is 0 Å². The third-order valence-electron chi connectivity index (χ3n) is 6.43. The summed E-state index contributed by atoms with van der Waals surface area (Å²) in [6, 6.07) is 3.82. The number of amides is 2. The first-order valence-corrected chi connectivity index (χ1v) is 10.2. The number of aromatic nitrogens is 3. The lowest BCUT2D eigenvalue weighted by atomic mass is 9.76. The Hall–Kier alpha value is -3.00. The molecule has 156 valence electrons. The standard InChI is InChI=1S/C22H25N5O3/c1-25(9-6-16-11-24-26(2)12-16)20(28)18-17-5-7-22(30-17)14-27(21(29)19(18)22)13-15-4-3-8-23-10-15/h3-5,7-8,10-12,17-19H,6,9,13-14H2,1-2H3/t17-,18-,19+,22-/m0/s1. The van der Waals surface area contributed by atoms with E-state index in [4.69, 9.17) is 4.74 Å². The average Bonchev–Trinajstić information content (AvgIpc) is 3.48. The lowest BCUT2D eigenvalue weighted by Crippen LogP contribution is -2.45. The summed E-state index contributed by atoms with van der Waals surface area (Å²) in [6.07, 6.45) is 11.6. The second kappa shape index (κ2) is 7.05. The van der Waals surface area contributed by atoms with Crippen molar-refractivity contribution in [3.63, 3.8) is 0 Å². The van der Waals surface area contributed by atoms with Gasteiger partial charge in [-0.2, -0.15) is 5.10 Å². The molecule has 2 amide bonds. The molecule has 2 bridgehead atoms. The summed E-state index contributed by atoms with van der Waals surface area (Å²) in [4.78, 5) is 34.3. The minimum atomic E-state index is -0.686. The Balaban J connectivity index is 1.31. The monoisotopic (exact) mass is 407 g/mol. The first-order chi connectivity index (χ1) is 14.5. The van der Waals surface area contributed by atoms with E-state index < -0.39 is 17.4 Å². The summed E-state index contributed by atoms with van der Waals surface area (Å²) in [5, 5.41) is 4.17. The number of carbonyl (C=O) groups excluding carboxylic acids is 2. The van der Waals surface area contributed by atoms with Crippen molar-refractivity contribution in [1.82, 2.24) is 24.6 Å². The molecule has 3 aliphatic rings. The van der Waals surface area contributed by atoms with Crippen LogP contribution in [0.25, 0.3) is 0 Å². The molecule has 0 radical (unpaired) electrons. The Labute approximate surface area is 175 Å². The van der Waals surface area contributed by atoms with Gasteiger partial charge in [0.1, 0.15) is 5.60 Å². The summed E-state index contributed by atoms with van der Waals surface area (Å²) < 4.78 is 7.98. The number of nitrogens with zero attached hydrogens (tertiary/aromatic N) is 5. The number of fused-ring (bicyclic) bond motifs is 1. The summed E-state index contributed by atoms with van der Waals surface area (Å²) in [5.41, 5.74) is 1.36. The van der Waals surface area contributed by atoms with Gasteiger partial charge in [0, 0.05) is 45.8 Å². The fourth-order valence-corrected chi connectivity index (χ4v) is 4.97. The highest BCUT2D eigenvalue weighted by atomic mass is 16.5. The number of likely N-dealkylation sites (tertiary alicyclic amines) is 1. The molecule has 30 heavy (non-hydrogen) atoms. The van der Waals surface area contributed by atoms with Crippen molar-refractivity contribution in [1.29, 1.82) is 0 Å². The highest BCUT2D eigenvalue weighted by Gasteiger charge is 2.67. The van der Waals surface area contributed by atoms with Crippen LogP contribution < -0.4 is 0 Å². The number of rotatable bonds is 6. The largest absolute Gasteiger partial charge is 0.360 e. The van der Waals surface area contributed by atoms with Crippen LogP contribution in [0.2, 0.25) is 0 Å². The molecule has 5 heterocycles. The molecular weight excluding hydrogens is 382 g/mol. The van der Waals surface area contributed by atoms with Crippen molar-refractivity contribution in [2.45, 2.75) is 24.7 Å². The van der Waals surface area contributed by atoms with Gasteiger partial charge in [-0.05, 0) is 23.6 Å². The van der Waals surface area contributed by atoms with Crippen LogP contribution in [0.5, 0.6) is 0 Å². The molecule has 2 aromatic rings. The van der Waals surface area contributed by atoms with E-state index in [-0.39, 0.29) is 17.9 Å². The van der Waals surface area contributed by atoms with Crippen LogP contribution >= 0.6 is 0 Å². The molecule has 2 aromatic heterocycles. The normalized spacial score (nSPS) is 28.9. The van der Waals surface area contributed by atoms with Crippen molar-refractivity contribution >= 4 is 11.8 Å². The molecule has 2 saturated heterocycles. The molecule has 0 aromatic carbocycles. The maximum Gasteiger partial charge on any atom is 0.230 e. The molecular formula is C22H25N5O3. The Bertz CT molecular complexity index is 1000. The average molecular weight is 407 g/mol. The molecule has 0 aliphatic carbocycles. The van der Waals surface area contributed by atoms with Crippen LogP contribution in [-0.2, 0) is 34.3 Å². The van der Waals surface area contributed by atoms with E-state index in [1.54, 1.807) is 33.9 Å². The molecule has 3 aliphatic heterocycles. The minimum absolute atomic E-state index is 0.00953. The van der Waals surface area contributed by atoms with Crippen LogP contribution in [0.3, 0.4) is 0 Å². The maximum absolute atomic E-state index is 13.3. The van der Waals surface area contributed by atoms with Crippen LogP contribution in [-0.4, -0.2) is 68.2 Å². The summed E-state index contributed by atoms with van der Waals surface area (Å²) in [5.74, 6) is -0.973. The SMILES string of the molecule is CN(CCc1cnn(C)c1)C(=O)[C@H]1[C@@H]2C=C[C@@]3(CN(Cc4cccnc4)C(=O)[C@@H]13)O2. The maximum atomic E-state index is 13.3. The Morgan fingerprint density at radius 3 is 2.97 bits per heavy atom. The number of pyridine rings is 1. The van der Waals surface area contributed by atoms with Crippen LogP contribution in [0.4, 0.5) is 0 Å². The number of hydrogen-bond donors (Lipinski definition) is 0. The molecule has 8 nitrogen and oxygen atoms in total. The second-order valence-electron chi connectivity index (χ2n) is 8.49. The van der Waals surface area contributed by atoms with Gasteiger partial charge in [-0.15, -0.1) is 0 Å². The van der Waals surface area contributed by atoms with Gasteiger partial charge in [-0.1, -0.05) is 18.2 Å². The fourth-order valence-electron chi connectivity index (χ4n) is 4.97. The Kier molecular flexibility index (Phi) is 4.47. The van der Waals surface area contributed by atoms with E-state index in [2.05, 4.69) is 10.1 Å². The topological polar surface area (TPSA) is 80.6 Å². The molecule has 2 fully saturated rings. The number of hydrogen-bond acceptors (Lipinski definition) is 5. The van der Waals surface area contributed by atoms with Gasteiger partial charge < -0.3 is 14.5 Å². The zero-order valence-corrected chi connectivity index (χ0v) is 17.1. The van der Waals surface area contributed by atoms with Crippen molar-refractivity contribution in [2.24, 2.45) is 18.9 Å². The molecule has 4 atom stereocenters.